The van der Waals surface area contributed by atoms with Crippen LogP contribution < -0.4 is 4.90 Å². The highest BCUT2D eigenvalue weighted by atomic mass is 35.5. The van der Waals surface area contributed by atoms with E-state index in [2.05, 4.69) is 15.1 Å². The summed E-state index contributed by atoms with van der Waals surface area (Å²) in [5, 5.41) is 10.4. The summed E-state index contributed by atoms with van der Waals surface area (Å²) in [7, 11) is 0. The molecule has 5 heteroatoms. The van der Waals surface area contributed by atoms with E-state index in [1.54, 1.807) is 11.3 Å². The molecule has 0 aliphatic carbocycles. The highest BCUT2D eigenvalue weighted by Crippen LogP contribution is 2.25. The van der Waals surface area contributed by atoms with E-state index in [-0.39, 0.29) is 5.38 Å². The molecule has 0 N–H and O–H groups in total. The Morgan fingerprint density at radius 1 is 1.58 bits per heavy atom. The van der Waals surface area contributed by atoms with Crippen molar-refractivity contribution in [2.75, 3.05) is 18.0 Å². The van der Waals surface area contributed by atoms with Gasteiger partial charge in [0.2, 0.25) is 5.13 Å². The molecule has 2 rings (SSSR count). The van der Waals surface area contributed by atoms with Gasteiger partial charge in [0.05, 0.1) is 5.38 Å². The Bertz CT molecular complexity index is 275. The van der Waals surface area contributed by atoms with E-state index in [0.29, 0.717) is 0 Å². The minimum Gasteiger partial charge on any atom is -0.345 e. The lowest BCUT2D eigenvalue weighted by atomic mass is 10.4. The van der Waals surface area contributed by atoms with Crippen LogP contribution in [0.5, 0.6) is 0 Å². The third-order valence-electron chi connectivity index (χ3n) is 1.92. The first-order valence-electron chi connectivity index (χ1n) is 3.95. The third kappa shape index (κ3) is 1.54. The summed E-state index contributed by atoms with van der Waals surface area (Å²) in [6, 6.07) is 0. The molecule has 0 amide bonds. The van der Waals surface area contributed by atoms with E-state index in [1.807, 2.05) is 6.92 Å². The first kappa shape index (κ1) is 8.26. The molecule has 1 aromatic rings. The summed E-state index contributed by atoms with van der Waals surface area (Å²) in [5.41, 5.74) is 0. The Morgan fingerprint density at radius 3 is 2.92 bits per heavy atom. The monoisotopic (exact) mass is 203 g/mol. The normalized spacial score (nSPS) is 23.5. The van der Waals surface area contributed by atoms with Crippen molar-refractivity contribution >= 4 is 28.1 Å². The van der Waals surface area contributed by atoms with Crippen LogP contribution in [0.25, 0.3) is 0 Å². The molecule has 1 aromatic heterocycles. The standard InChI is InChI=1S/C7H10ClN3S/c1-5-9-10-7(12-5)11-3-2-6(8)4-11/h6H,2-4H2,1H3. The zero-order chi connectivity index (χ0) is 8.55. The van der Waals surface area contributed by atoms with Crippen molar-refractivity contribution in [2.24, 2.45) is 0 Å². The van der Waals surface area contributed by atoms with Gasteiger partial charge in [-0.05, 0) is 13.3 Å². The zero-order valence-corrected chi connectivity index (χ0v) is 8.40. The van der Waals surface area contributed by atoms with Crippen LogP contribution >= 0.6 is 22.9 Å². The molecule has 1 atom stereocenters. The van der Waals surface area contributed by atoms with Crippen LogP contribution in [0.2, 0.25) is 0 Å². The maximum absolute atomic E-state index is 5.98. The molecule has 0 radical (unpaired) electrons. The van der Waals surface area contributed by atoms with Crippen LogP contribution in [0.15, 0.2) is 0 Å². The Labute approximate surface area is 80.4 Å². The first-order chi connectivity index (χ1) is 5.75. The number of alkyl halides is 1. The third-order valence-corrected chi connectivity index (χ3v) is 3.17. The predicted octanol–water partition coefficient (Wildman–Crippen LogP) is 1.66. The molecular formula is C7H10ClN3S. The van der Waals surface area contributed by atoms with Gasteiger partial charge in [-0.25, -0.2) is 0 Å². The van der Waals surface area contributed by atoms with Gasteiger partial charge in [-0.3, -0.25) is 0 Å². The Kier molecular flexibility index (Phi) is 2.19. The van der Waals surface area contributed by atoms with Gasteiger partial charge in [0.1, 0.15) is 5.01 Å². The fourth-order valence-electron chi connectivity index (χ4n) is 1.31. The Hall–Kier alpha value is -0.350. The molecule has 1 aliphatic rings. The van der Waals surface area contributed by atoms with Crippen molar-refractivity contribution in [3.8, 4) is 0 Å². The van der Waals surface area contributed by atoms with E-state index in [9.17, 15) is 0 Å². The van der Waals surface area contributed by atoms with Crippen molar-refractivity contribution in [2.45, 2.75) is 18.7 Å². The fourth-order valence-corrected chi connectivity index (χ4v) is 2.29. The summed E-state index contributed by atoms with van der Waals surface area (Å²) in [6.45, 7) is 3.90. The van der Waals surface area contributed by atoms with Crippen molar-refractivity contribution in [1.29, 1.82) is 0 Å². The molecule has 3 nitrogen and oxygen atoms in total. The highest BCUT2D eigenvalue weighted by molar-refractivity contribution is 7.15. The molecule has 1 unspecified atom stereocenters. The van der Waals surface area contributed by atoms with Crippen LogP contribution in [-0.2, 0) is 0 Å². The van der Waals surface area contributed by atoms with Crippen molar-refractivity contribution in [1.82, 2.24) is 10.2 Å². The second-order valence-electron chi connectivity index (χ2n) is 2.94. The van der Waals surface area contributed by atoms with Crippen LogP contribution in [0.1, 0.15) is 11.4 Å². The molecule has 1 saturated heterocycles. The maximum Gasteiger partial charge on any atom is 0.208 e. The lowest BCUT2D eigenvalue weighted by molar-refractivity contribution is 0.922. The summed E-state index contributed by atoms with van der Waals surface area (Å²) in [5.74, 6) is 0. The van der Waals surface area contributed by atoms with Crippen LogP contribution in [0.4, 0.5) is 5.13 Å². The van der Waals surface area contributed by atoms with Crippen molar-refractivity contribution < 1.29 is 0 Å². The number of aryl methyl sites for hydroxylation is 1. The first-order valence-corrected chi connectivity index (χ1v) is 5.20. The average Bonchev–Trinajstić information content (AvgIpc) is 2.58. The number of hydrogen-bond acceptors (Lipinski definition) is 4. The fraction of sp³-hybridized carbons (Fsp3) is 0.714. The molecule has 0 saturated carbocycles. The lowest BCUT2D eigenvalue weighted by Gasteiger charge is -2.11. The molecule has 2 heterocycles. The summed E-state index contributed by atoms with van der Waals surface area (Å²) in [4.78, 5) is 2.20. The van der Waals surface area contributed by atoms with Crippen LogP contribution in [-0.4, -0.2) is 28.7 Å². The van der Waals surface area contributed by atoms with Gasteiger partial charge < -0.3 is 4.90 Å². The number of nitrogens with zero attached hydrogens (tertiary/aromatic N) is 3. The second-order valence-corrected chi connectivity index (χ2v) is 4.71. The summed E-state index contributed by atoms with van der Waals surface area (Å²) >= 11 is 7.61. The van der Waals surface area contributed by atoms with Gasteiger partial charge in [0, 0.05) is 13.1 Å². The molecular weight excluding hydrogens is 194 g/mol. The molecule has 0 aromatic carbocycles. The number of anilines is 1. The summed E-state index contributed by atoms with van der Waals surface area (Å²) < 4.78 is 0. The van der Waals surface area contributed by atoms with E-state index >= 15 is 0 Å². The van der Waals surface area contributed by atoms with Gasteiger partial charge in [-0.15, -0.1) is 21.8 Å². The number of rotatable bonds is 1. The zero-order valence-electron chi connectivity index (χ0n) is 6.83. The lowest BCUT2D eigenvalue weighted by Crippen LogP contribution is -2.19. The minimum atomic E-state index is 0.286. The molecule has 66 valence electrons. The van der Waals surface area contributed by atoms with Gasteiger partial charge in [0.15, 0.2) is 0 Å². The molecule has 1 fully saturated rings. The Balaban J connectivity index is 2.11. The molecule has 0 spiro atoms. The average molecular weight is 204 g/mol. The van der Waals surface area contributed by atoms with Gasteiger partial charge >= 0.3 is 0 Å². The van der Waals surface area contributed by atoms with E-state index < -0.39 is 0 Å². The second kappa shape index (κ2) is 3.18. The van der Waals surface area contributed by atoms with Gasteiger partial charge in [0.25, 0.3) is 0 Å². The van der Waals surface area contributed by atoms with Crippen LogP contribution in [0.3, 0.4) is 0 Å². The smallest absolute Gasteiger partial charge is 0.208 e. The van der Waals surface area contributed by atoms with E-state index in [1.165, 1.54) is 0 Å². The van der Waals surface area contributed by atoms with Crippen molar-refractivity contribution in [3.05, 3.63) is 5.01 Å². The molecule has 1 aliphatic heterocycles. The SMILES string of the molecule is Cc1nnc(N2CCC(Cl)C2)s1. The topological polar surface area (TPSA) is 29.0 Å². The highest BCUT2D eigenvalue weighted by Gasteiger charge is 2.22. The number of halogens is 1. The van der Waals surface area contributed by atoms with Gasteiger partial charge in [-0.1, -0.05) is 11.3 Å². The van der Waals surface area contributed by atoms with Crippen molar-refractivity contribution in [3.63, 3.8) is 0 Å². The maximum atomic E-state index is 5.98. The predicted molar refractivity (Wildman–Crippen MR) is 51.1 cm³/mol. The number of hydrogen-bond donors (Lipinski definition) is 0. The summed E-state index contributed by atoms with van der Waals surface area (Å²) in [6.07, 6.45) is 1.06. The quantitative estimate of drug-likeness (QED) is 0.651. The number of aromatic nitrogens is 2. The Morgan fingerprint density at radius 2 is 2.42 bits per heavy atom. The van der Waals surface area contributed by atoms with Crippen LogP contribution in [0, 0.1) is 6.92 Å². The largest absolute Gasteiger partial charge is 0.345 e. The molecule has 0 bridgehead atoms. The minimum absolute atomic E-state index is 0.286. The molecule has 12 heavy (non-hydrogen) atoms. The van der Waals surface area contributed by atoms with E-state index in [4.69, 9.17) is 11.6 Å². The van der Waals surface area contributed by atoms with Gasteiger partial charge in [-0.2, -0.15) is 0 Å². The van der Waals surface area contributed by atoms with E-state index in [0.717, 1.165) is 29.6 Å².